The highest BCUT2D eigenvalue weighted by Crippen LogP contribution is 2.31. The van der Waals surface area contributed by atoms with Gasteiger partial charge in [0.2, 0.25) is 0 Å². The molecular weight excluding hydrogens is 273 g/mol. The Balaban J connectivity index is 2.04. The number of ether oxygens (including phenoxy) is 1. The van der Waals surface area contributed by atoms with Crippen LogP contribution < -0.4 is 16.0 Å². The van der Waals surface area contributed by atoms with Crippen LogP contribution in [0.4, 0.5) is 5.82 Å². The van der Waals surface area contributed by atoms with E-state index in [2.05, 4.69) is 10.4 Å². The van der Waals surface area contributed by atoms with Crippen molar-refractivity contribution in [1.82, 2.24) is 4.98 Å². The Kier molecular flexibility index (Phi) is 4.25. The van der Waals surface area contributed by atoms with Crippen LogP contribution in [0.25, 0.3) is 0 Å². The average Bonchev–Trinajstić information content (AvgIpc) is 2.41. The van der Waals surface area contributed by atoms with Gasteiger partial charge in [-0.25, -0.2) is 10.8 Å². The molecule has 0 saturated carbocycles. The maximum absolute atomic E-state index is 6.01. The first kappa shape index (κ1) is 13.0. The summed E-state index contributed by atoms with van der Waals surface area (Å²) in [5, 5.41) is 0.877. The van der Waals surface area contributed by atoms with Crippen molar-refractivity contribution in [3.8, 4) is 5.75 Å². The number of nitrogen functional groups attached to an aromatic ring is 1. The Labute approximate surface area is 115 Å². The molecule has 94 valence electrons. The van der Waals surface area contributed by atoms with Gasteiger partial charge in [-0.1, -0.05) is 35.3 Å². The summed E-state index contributed by atoms with van der Waals surface area (Å²) in [4.78, 5) is 4.07. The zero-order valence-electron chi connectivity index (χ0n) is 9.36. The molecule has 2 aromatic rings. The summed E-state index contributed by atoms with van der Waals surface area (Å²) >= 11 is 11.9. The summed E-state index contributed by atoms with van der Waals surface area (Å²) in [5.41, 5.74) is 3.36. The first-order valence-corrected chi connectivity index (χ1v) is 5.94. The number of hydrazine groups is 1. The zero-order valence-corrected chi connectivity index (χ0v) is 10.9. The number of benzene rings is 1. The summed E-state index contributed by atoms with van der Waals surface area (Å²) < 4.78 is 5.57. The molecule has 0 amide bonds. The maximum Gasteiger partial charge on any atom is 0.139 e. The van der Waals surface area contributed by atoms with Crippen molar-refractivity contribution in [2.45, 2.75) is 6.61 Å². The molecule has 1 heterocycles. The van der Waals surface area contributed by atoms with Crippen molar-refractivity contribution in [2.24, 2.45) is 5.84 Å². The molecule has 1 aromatic heterocycles. The summed E-state index contributed by atoms with van der Waals surface area (Å²) in [7, 11) is 0. The third kappa shape index (κ3) is 3.04. The van der Waals surface area contributed by atoms with Crippen molar-refractivity contribution in [2.75, 3.05) is 5.43 Å². The van der Waals surface area contributed by atoms with Crippen LogP contribution in [0.15, 0.2) is 36.5 Å². The van der Waals surface area contributed by atoms with Crippen molar-refractivity contribution in [3.05, 3.63) is 52.1 Å². The number of anilines is 1. The predicted molar refractivity (Wildman–Crippen MR) is 72.8 cm³/mol. The van der Waals surface area contributed by atoms with Gasteiger partial charge in [0.25, 0.3) is 0 Å². The van der Waals surface area contributed by atoms with Gasteiger partial charge >= 0.3 is 0 Å². The van der Waals surface area contributed by atoms with Crippen molar-refractivity contribution in [1.29, 1.82) is 0 Å². The molecule has 0 fully saturated rings. The molecule has 0 radical (unpaired) electrons. The average molecular weight is 284 g/mol. The molecule has 4 nitrogen and oxygen atoms in total. The molecule has 18 heavy (non-hydrogen) atoms. The molecule has 1 aromatic carbocycles. The van der Waals surface area contributed by atoms with E-state index in [9.17, 15) is 0 Å². The number of pyridine rings is 1. The second-order valence-electron chi connectivity index (χ2n) is 3.54. The number of aromatic nitrogens is 1. The van der Waals surface area contributed by atoms with Crippen LogP contribution in [0.3, 0.4) is 0 Å². The molecule has 0 bridgehead atoms. The summed E-state index contributed by atoms with van der Waals surface area (Å²) in [6, 6.07) is 8.87. The molecule has 0 aliphatic rings. The number of rotatable bonds is 4. The van der Waals surface area contributed by atoms with E-state index in [0.29, 0.717) is 28.2 Å². The van der Waals surface area contributed by atoms with Crippen LogP contribution in [0.5, 0.6) is 5.75 Å². The van der Waals surface area contributed by atoms with E-state index in [1.165, 1.54) is 0 Å². The molecule has 0 aliphatic heterocycles. The van der Waals surface area contributed by atoms with Gasteiger partial charge in [0.15, 0.2) is 0 Å². The minimum atomic E-state index is 0.359. The Morgan fingerprint density at radius 3 is 2.72 bits per heavy atom. The van der Waals surface area contributed by atoms with Crippen LogP contribution in [0.1, 0.15) is 5.56 Å². The Morgan fingerprint density at radius 1 is 1.22 bits per heavy atom. The molecule has 0 unspecified atom stereocenters. The first-order chi connectivity index (χ1) is 8.70. The van der Waals surface area contributed by atoms with Gasteiger partial charge in [0.05, 0.1) is 5.02 Å². The Bertz CT molecular complexity index is 531. The van der Waals surface area contributed by atoms with E-state index < -0.39 is 0 Å². The second kappa shape index (κ2) is 5.91. The van der Waals surface area contributed by atoms with Crippen LogP contribution in [0, 0.1) is 0 Å². The SMILES string of the molecule is NNc1ccc(COc2cccc(Cl)c2Cl)cn1. The predicted octanol–water partition coefficient (Wildman–Crippen LogP) is 3.25. The van der Waals surface area contributed by atoms with Crippen molar-refractivity contribution in [3.63, 3.8) is 0 Å². The van der Waals surface area contributed by atoms with E-state index in [1.54, 1.807) is 30.5 Å². The van der Waals surface area contributed by atoms with Gasteiger partial charge in [-0.15, -0.1) is 0 Å². The normalized spacial score (nSPS) is 10.2. The summed E-state index contributed by atoms with van der Waals surface area (Å²) in [6.45, 7) is 0.359. The fraction of sp³-hybridized carbons (Fsp3) is 0.0833. The van der Waals surface area contributed by atoms with Gasteiger partial charge in [-0.05, 0) is 18.2 Å². The number of nitrogens with zero attached hydrogens (tertiary/aromatic N) is 1. The molecule has 0 aliphatic carbocycles. The highest BCUT2D eigenvalue weighted by molar-refractivity contribution is 6.42. The third-order valence-electron chi connectivity index (χ3n) is 2.28. The van der Waals surface area contributed by atoms with Crippen molar-refractivity contribution < 1.29 is 4.74 Å². The number of hydrogen-bond acceptors (Lipinski definition) is 4. The highest BCUT2D eigenvalue weighted by Gasteiger charge is 2.05. The van der Waals surface area contributed by atoms with E-state index in [0.717, 1.165) is 5.56 Å². The van der Waals surface area contributed by atoms with Crippen molar-refractivity contribution >= 4 is 29.0 Å². The molecule has 3 N–H and O–H groups in total. The van der Waals surface area contributed by atoms with Gasteiger partial charge < -0.3 is 10.2 Å². The summed E-state index contributed by atoms with van der Waals surface area (Å²) in [5.74, 6) is 6.37. The lowest BCUT2D eigenvalue weighted by Crippen LogP contribution is -2.08. The smallest absolute Gasteiger partial charge is 0.139 e. The standard InChI is InChI=1S/C12H11Cl2N3O/c13-9-2-1-3-10(12(9)14)18-7-8-4-5-11(17-15)16-6-8/h1-6H,7,15H2,(H,16,17). The lowest BCUT2D eigenvalue weighted by atomic mass is 10.3. The number of halogens is 2. The van der Waals surface area contributed by atoms with Gasteiger partial charge in [0, 0.05) is 11.8 Å². The van der Waals surface area contributed by atoms with E-state index in [1.807, 2.05) is 6.07 Å². The third-order valence-corrected chi connectivity index (χ3v) is 3.08. The fourth-order valence-electron chi connectivity index (χ4n) is 1.35. The minimum absolute atomic E-state index is 0.359. The monoisotopic (exact) mass is 283 g/mol. The molecule has 0 spiro atoms. The fourth-order valence-corrected chi connectivity index (χ4v) is 1.70. The van der Waals surface area contributed by atoms with Gasteiger partial charge in [-0.2, -0.15) is 0 Å². The van der Waals surface area contributed by atoms with E-state index in [4.69, 9.17) is 33.8 Å². The van der Waals surface area contributed by atoms with Gasteiger partial charge in [0.1, 0.15) is 23.2 Å². The second-order valence-corrected chi connectivity index (χ2v) is 4.32. The Morgan fingerprint density at radius 2 is 2.06 bits per heavy atom. The first-order valence-electron chi connectivity index (χ1n) is 5.19. The van der Waals surface area contributed by atoms with E-state index >= 15 is 0 Å². The summed E-state index contributed by atoms with van der Waals surface area (Å²) in [6.07, 6.45) is 1.67. The van der Waals surface area contributed by atoms with Crippen LogP contribution in [0.2, 0.25) is 10.0 Å². The lowest BCUT2D eigenvalue weighted by Gasteiger charge is -2.09. The quantitative estimate of drug-likeness (QED) is 0.668. The number of nitrogens with two attached hydrogens (primary N) is 1. The highest BCUT2D eigenvalue weighted by atomic mass is 35.5. The Hall–Kier alpha value is -1.49. The molecular formula is C12H11Cl2N3O. The van der Waals surface area contributed by atoms with Crippen LogP contribution >= 0.6 is 23.2 Å². The molecule has 2 rings (SSSR count). The lowest BCUT2D eigenvalue weighted by molar-refractivity contribution is 0.306. The largest absolute Gasteiger partial charge is 0.487 e. The topological polar surface area (TPSA) is 60.2 Å². The molecule has 0 atom stereocenters. The van der Waals surface area contributed by atoms with Crippen LogP contribution in [-0.4, -0.2) is 4.98 Å². The number of nitrogens with one attached hydrogen (secondary N) is 1. The van der Waals surface area contributed by atoms with E-state index in [-0.39, 0.29) is 0 Å². The van der Waals surface area contributed by atoms with Crippen LogP contribution in [-0.2, 0) is 6.61 Å². The van der Waals surface area contributed by atoms with Gasteiger partial charge in [-0.3, -0.25) is 0 Å². The molecule has 6 heteroatoms. The minimum Gasteiger partial charge on any atom is -0.487 e. The molecule has 0 saturated heterocycles. The number of hydrogen-bond donors (Lipinski definition) is 2. The maximum atomic E-state index is 6.01. The zero-order chi connectivity index (χ0) is 13.0.